The number of carboxylic acid groups (broad SMARTS) is 1. The van der Waals surface area contributed by atoms with Crippen molar-refractivity contribution < 1.29 is 14.3 Å². The molecule has 0 spiro atoms. The summed E-state index contributed by atoms with van der Waals surface area (Å²) in [6.45, 7) is 7.22. The van der Waals surface area contributed by atoms with Gasteiger partial charge in [0.2, 0.25) is 0 Å². The van der Waals surface area contributed by atoms with Crippen LogP contribution in [0.5, 0.6) is 0 Å². The minimum absolute atomic E-state index is 0.113. The summed E-state index contributed by atoms with van der Waals surface area (Å²) >= 11 is 0. The van der Waals surface area contributed by atoms with Crippen molar-refractivity contribution >= 4 is 39.7 Å². The van der Waals surface area contributed by atoms with E-state index in [1.807, 2.05) is 42.3 Å². The number of nitrogens with one attached hydrogen (secondary N) is 2. The van der Waals surface area contributed by atoms with Crippen molar-refractivity contribution in [2.45, 2.75) is 39.2 Å². The van der Waals surface area contributed by atoms with Crippen LogP contribution in [0.15, 0.2) is 34.9 Å². The Morgan fingerprint density at radius 1 is 1.34 bits per heavy atom. The van der Waals surface area contributed by atoms with E-state index in [0.717, 1.165) is 16.8 Å². The number of furan rings is 1. The predicted molar refractivity (Wildman–Crippen MR) is 122 cm³/mol. The van der Waals surface area contributed by atoms with Crippen LogP contribution in [0.25, 0.3) is 22.1 Å². The van der Waals surface area contributed by atoms with Gasteiger partial charge in [-0.1, -0.05) is 26.0 Å². The fourth-order valence-electron chi connectivity index (χ4n) is 4.54. The second-order valence-electron chi connectivity index (χ2n) is 8.70. The lowest BCUT2D eigenvalue weighted by Crippen LogP contribution is -2.36. The Morgan fingerprint density at radius 3 is 2.94 bits per heavy atom. The summed E-state index contributed by atoms with van der Waals surface area (Å²) in [5.74, 6) is 1.54. The van der Waals surface area contributed by atoms with Crippen molar-refractivity contribution in [1.82, 2.24) is 20.2 Å². The highest BCUT2D eigenvalue weighted by atomic mass is 16.4. The van der Waals surface area contributed by atoms with Gasteiger partial charge in [0.25, 0.3) is 0 Å². The van der Waals surface area contributed by atoms with E-state index in [9.17, 15) is 9.90 Å². The number of hydrogen-bond acceptors (Lipinski definition) is 7. The van der Waals surface area contributed by atoms with E-state index in [1.165, 1.54) is 0 Å². The molecule has 3 N–H and O–H groups in total. The van der Waals surface area contributed by atoms with Crippen molar-refractivity contribution in [2.75, 3.05) is 23.3 Å². The number of hydrogen-bond donors (Lipinski definition) is 3. The fraction of sp³-hybridized carbons (Fsp3) is 0.391. The van der Waals surface area contributed by atoms with Crippen LogP contribution in [-0.4, -0.2) is 50.4 Å². The molecule has 32 heavy (non-hydrogen) atoms. The van der Waals surface area contributed by atoms with Gasteiger partial charge in [-0.05, 0) is 37.3 Å². The molecule has 3 aromatic heterocycles. The average Bonchev–Trinajstić information content (AvgIpc) is 3.48. The van der Waals surface area contributed by atoms with Crippen molar-refractivity contribution in [3.8, 4) is 0 Å². The van der Waals surface area contributed by atoms with E-state index < -0.39 is 12.0 Å². The number of aryl methyl sites for hydroxylation is 1. The summed E-state index contributed by atoms with van der Waals surface area (Å²) in [5.41, 5.74) is 3.08. The van der Waals surface area contributed by atoms with Crippen molar-refractivity contribution in [2.24, 2.45) is 5.92 Å². The van der Waals surface area contributed by atoms with Gasteiger partial charge in [-0.15, -0.1) is 0 Å². The highest BCUT2D eigenvalue weighted by Crippen LogP contribution is 2.37. The monoisotopic (exact) mass is 434 g/mol. The molecule has 1 aliphatic rings. The molecule has 9 heteroatoms. The Kier molecular flexibility index (Phi) is 4.96. The number of carbonyl (C=O) groups is 1. The number of anilines is 2. The van der Waals surface area contributed by atoms with Gasteiger partial charge in [0.1, 0.15) is 23.0 Å². The molecule has 1 aromatic carbocycles. The first-order chi connectivity index (χ1) is 15.4. The van der Waals surface area contributed by atoms with Gasteiger partial charge in [0.05, 0.1) is 0 Å². The molecule has 5 rings (SSSR count). The molecular formula is C23H26N6O3. The first-order valence-corrected chi connectivity index (χ1v) is 10.8. The predicted octanol–water partition coefficient (Wildman–Crippen LogP) is 3.92. The summed E-state index contributed by atoms with van der Waals surface area (Å²) in [7, 11) is 0. The number of para-hydroxylation sites is 1. The van der Waals surface area contributed by atoms with E-state index >= 15 is 0 Å². The van der Waals surface area contributed by atoms with E-state index in [2.05, 4.69) is 39.3 Å². The molecule has 0 unspecified atom stereocenters. The highest BCUT2D eigenvalue weighted by molar-refractivity contribution is 6.06. The smallest absolute Gasteiger partial charge is 0.326 e. The minimum atomic E-state index is -0.865. The van der Waals surface area contributed by atoms with E-state index in [-0.39, 0.29) is 5.92 Å². The maximum Gasteiger partial charge on any atom is 0.326 e. The Morgan fingerprint density at radius 2 is 2.16 bits per heavy atom. The number of benzene rings is 1. The lowest BCUT2D eigenvalue weighted by atomic mass is 10.0. The van der Waals surface area contributed by atoms with Crippen molar-refractivity contribution in [3.05, 3.63) is 41.9 Å². The molecule has 0 saturated carbocycles. The summed E-state index contributed by atoms with van der Waals surface area (Å²) in [6.07, 6.45) is 2.41. The van der Waals surface area contributed by atoms with E-state index in [4.69, 9.17) is 4.42 Å². The van der Waals surface area contributed by atoms with Gasteiger partial charge in [-0.2, -0.15) is 5.10 Å². The number of aromatic nitrogens is 4. The quantitative estimate of drug-likeness (QED) is 0.418. The zero-order valence-corrected chi connectivity index (χ0v) is 18.3. The molecule has 0 aliphatic carbocycles. The number of H-pyrrole nitrogens is 1. The molecular weight excluding hydrogens is 408 g/mol. The number of nitrogens with zero attached hydrogens (tertiary/aromatic N) is 4. The number of rotatable bonds is 6. The van der Waals surface area contributed by atoms with Crippen LogP contribution < -0.4 is 10.2 Å². The molecule has 1 aliphatic heterocycles. The standard InChI is InChI=1S/C23H26N6O3/c1-12(2)16-10-25-28-21(16)24-9-14-8-17(23(30)31)29(11-14)22-20-19(26-13(3)27-22)15-6-4-5-7-18(15)32-20/h4-7,10,12,14,17H,8-9,11H2,1-3H3,(H,30,31)(H2,24,25,28)/t14-,17+/m1/s1. The molecule has 1 saturated heterocycles. The van der Waals surface area contributed by atoms with Crippen LogP contribution >= 0.6 is 0 Å². The Hall–Kier alpha value is -3.62. The SMILES string of the molecule is Cc1nc(N2C[C@@H](CNc3n[nH]cc3C(C)C)C[C@H]2C(=O)O)c2oc3ccccc3c2n1. The van der Waals surface area contributed by atoms with Crippen LogP contribution in [0.3, 0.4) is 0 Å². The Labute approximate surface area is 184 Å². The summed E-state index contributed by atoms with van der Waals surface area (Å²) in [6, 6.07) is 7.00. The molecule has 4 heterocycles. The molecule has 4 aromatic rings. The third kappa shape index (κ3) is 3.43. The second kappa shape index (κ2) is 7.81. The van der Waals surface area contributed by atoms with Crippen LogP contribution in [0.4, 0.5) is 11.6 Å². The summed E-state index contributed by atoms with van der Waals surface area (Å²) in [5, 5.41) is 21.5. The highest BCUT2D eigenvalue weighted by Gasteiger charge is 2.39. The Balaban J connectivity index is 1.47. The third-order valence-electron chi connectivity index (χ3n) is 6.11. The number of fused-ring (bicyclic) bond motifs is 3. The van der Waals surface area contributed by atoms with Gasteiger partial charge >= 0.3 is 5.97 Å². The summed E-state index contributed by atoms with van der Waals surface area (Å²) < 4.78 is 6.09. The van der Waals surface area contributed by atoms with E-state index in [1.54, 1.807) is 0 Å². The first kappa shape index (κ1) is 20.3. The maximum atomic E-state index is 12.1. The average molecular weight is 435 g/mol. The maximum absolute atomic E-state index is 12.1. The van der Waals surface area contributed by atoms with Crippen LogP contribution in [0.2, 0.25) is 0 Å². The van der Waals surface area contributed by atoms with Gasteiger partial charge in [0.15, 0.2) is 17.2 Å². The molecule has 1 fully saturated rings. The summed E-state index contributed by atoms with van der Waals surface area (Å²) in [4.78, 5) is 23.2. The Bertz CT molecular complexity index is 1290. The van der Waals surface area contributed by atoms with Crippen LogP contribution in [0, 0.1) is 12.8 Å². The van der Waals surface area contributed by atoms with Gasteiger partial charge in [-0.25, -0.2) is 14.8 Å². The van der Waals surface area contributed by atoms with Gasteiger partial charge < -0.3 is 19.7 Å². The lowest BCUT2D eigenvalue weighted by molar-refractivity contribution is -0.138. The third-order valence-corrected chi connectivity index (χ3v) is 6.11. The number of carboxylic acids is 1. The first-order valence-electron chi connectivity index (χ1n) is 10.8. The largest absolute Gasteiger partial charge is 0.480 e. The van der Waals surface area contributed by atoms with Crippen molar-refractivity contribution in [1.29, 1.82) is 0 Å². The molecule has 9 nitrogen and oxygen atoms in total. The van der Waals surface area contributed by atoms with Gasteiger partial charge in [0, 0.05) is 30.2 Å². The van der Waals surface area contributed by atoms with E-state index in [0.29, 0.717) is 53.8 Å². The molecule has 0 amide bonds. The fourth-order valence-corrected chi connectivity index (χ4v) is 4.54. The number of aliphatic carboxylic acids is 1. The molecule has 0 bridgehead atoms. The molecule has 0 radical (unpaired) electrons. The lowest BCUT2D eigenvalue weighted by Gasteiger charge is -2.22. The zero-order valence-electron chi connectivity index (χ0n) is 18.3. The zero-order chi connectivity index (χ0) is 22.4. The number of aromatic amines is 1. The molecule has 2 atom stereocenters. The van der Waals surface area contributed by atoms with Crippen LogP contribution in [-0.2, 0) is 4.79 Å². The minimum Gasteiger partial charge on any atom is -0.480 e. The van der Waals surface area contributed by atoms with Gasteiger partial charge in [-0.3, -0.25) is 5.10 Å². The van der Waals surface area contributed by atoms with Crippen molar-refractivity contribution in [3.63, 3.8) is 0 Å². The van der Waals surface area contributed by atoms with Crippen LogP contribution in [0.1, 0.15) is 37.6 Å². The second-order valence-corrected chi connectivity index (χ2v) is 8.70. The normalized spacial score (nSPS) is 18.8. The molecule has 166 valence electrons. The topological polar surface area (TPSA) is 120 Å².